The third kappa shape index (κ3) is 9.57. The van der Waals surface area contributed by atoms with Crippen LogP contribution in [-0.2, 0) is 0 Å². The van der Waals surface area contributed by atoms with Gasteiger partial charge < -0.3 is 5.32 Å². The second-order valence-electron chi connectivity index (χ2n) is 3.73. The van der Waals surface area contributed by atoms with Crippen molar-refractivity contribution in [2.45, 2.75) is 47.0 Å². The van der Waals surface area contributed by atoms with Crippen LogP contribution in [0.15, 0.2) is 36.6 Å². The van der Waals surface area contributed by atoms with Gasteiger partial charge in [-0.05, 0) is 18.4 Å². The molecule has 0 aromatic heterocycles. The van der Waals surface area contributed by atoms with Gasteiger partial charge in [-0.3, -0.25) is 0 Å². The highest BCUT2D eigenvalue weighted by molar-refractivity contribution is 5.24. The van der Waals surface area contributed by atoms with E-state index in [1.807, 2.05) is 27.0 Å². The maximum atomic E-state index is 4.06. The lowest BCUT2D eigenvalue weighted by Gasteiger charge is -2.10. The molecule has 0 fully saturated rings. The van der Waals surface area contributed by atoms with Crippen molar-refractivity contribution >= 4 is 0 Å². The van der Waals surface area contributed by atoms with Gasteiger partial charge in [0.25, 0.3) is 0 Å². The molecule has 0 saturated carbocycles. The van der Waals surface area contributed by atoms with Crippen molar-refractivity contribution in [1.29, 1.82) is 0 Å². The van der Waals surface area contributed by atoms with Gasteiger partial charge in [0.1, 0.15) is 0 Å². The first kappa shape index (κ1) is 17.4. The summed E-state index contributed by atoms with van der Waals surface area (Å²) in [4.78, 5) is 0. The molecule has 0 rings (SSSR count). The fourth-order valence-corrected chi connectivity index (χ4v) is 1.15. The highest BCUT2D eigenvalue weighted by atomic mass is 14.8. The van der Waals surface area contributed by atoms with Crippen LogP contribution < -0.4 is 5.32 Å². The van der Waals surface area contributed by atoms with Crippen LogP contribution in [0, 0.1) is 5.92 Å². The van der Waals surface area contributed by atoms with Crippen molar-refractivity contribution in [2.24, 2.45) is 5.92 Å². The Bertz CT molecular complexity index is 213. The number of hydrogen-bond donors (Lipinski definition) is 1. The van der Waals surface area contributed by atoms with Gasteiger partial charge in [0.2, 0.25) is 0 Å². The van der Waals surface area contributed by atoms with Crippen molar-refractivity contribution in [3.63, 3.8) is 0 Å². The van der Waals surface area contributed by atoms with E-state index < -0.39 is 0 Å². The van der Waals surface area contributed by atoms with Gasteiger partial charge in [0.15, 0.2) is 0 Å². The van der Waals surface area contributed by atoms with Crippen LogP contribution in [0.4, 0.5) is 0 Å². The lowest BCUT2D eigenvalue weighted by molar-refractivity contribution is 0.582. The van der Waals surface area contributed by atoms with E-state index in [4.69, 9.17) is 0 Å². The fraction of sp³-hybridized carbons (Fsp3) is 0.600. The predicted octanol–water partition coefficient (Wildman–Crippen LogP) is 4.68. The summed E-state index contributed by atoms with van der Waals surface area (Å²) in [5.41, 5.74) is 2.11. The smallest absolute Gasteiger partial charge is 0.0264 e. The first-order chi connectivity index (χ1) is 7.61. The number of nitrogens with one attached hydrogen (secondary N) is 1. The Morgan fingerprint density at radius 1 is 1.25 bits per heavy atom. The van der Waals surface area contributed by atoms with Crippen LogP contribution in [0.5, 0.6) is 0 Å². The minimum absolute atomic E-state index is 0.579. The maximum absolute atomic E-state index is 4.06. The monoisotopic (exact) mass is 223 g/mol. The average molecular weight is 223 g/mol. The summed E-state index contributed by atoms with van der Waals surface area (Å²) in [6.45, 7) is 16.3. The highest BCUT2D eigenvalue weighted by Gasteiger charge is 2.02. The van der Waals surface area contributed by atoms with Gasteiger partial charge in [-0.25, -0.2) is 0 Å². The van der Waals surface area contributed by atoms with Crippen LogP contribution in [-0.4, -0.2) is 7.05 Å². The Kier molecular flexibility index (Phi) is 13.2. The summed E-state index contributed by atoms with van der Waals surface area (Å²) < 4.78 is 0. The number of unbranched alkanes of at least 4 members (excludes halogenated alkanes) is 1. The number of allylic oxidation sites excluding steroid dienone is 3. The molecule has 0 heterocycles. The minimum Gasteiger partial charge on any atom is -0.389 e. The van der Waals surface area contributed by atoms with Crippen molar-refractivity contribution in [2.75, 3.05) is 7.05 Å². The third-order valence-corrected chi connectivity index (χ3v) is 2.44. The molecular weight excluding hydrogens is 194 g/mol. The van der Waals surface area contributed by atoms with Crippen molar-refractivity contribution < 1.29 is 0 Å². The van der Waals surface area contributed by atoms with E-state index in [-0.39, 0.29) is 0 Å². The quantitative estimate of drug-likeness (QED) is 0.618. The third-order valence-electron chi connectivity index (χ3n) is 2.44. The summed E-state index contributed by atoms with van der Waals surface area (Å²) >= 11 is 0. The zero-order valence-corrected chi connectivity index (χ0v) is 11.8. The molecule has 0 bridgehead atoms. The van der Waals surface area contributed by atoms with Crippen LogP contribution in [0.25, 0.3) is 0 Å². The second-order valence-corrected chi connectivity index (χ2v) is 3.73. The molecule has 16 heavy (non-hydrogen) atoms. The topological polar surface area (TPSA) is 12.0 Å². The Labute approximate surface area is 102 Å². The molecule has 0 aliphatic carbocycles. The Morgan fingerprint density at radius 2 is 1.81 bits per heavy atom. The maximum Gasteiger partial charge on any atom is 0.0264 e. The van der Waals surface area contributed by atoms with Crippen LogP contribution >= 0.6 is 0 Å². The average Bonchev–Trinajstić information content (AvgIpc) is 2.34. The summed E-state index contributed by atoms with van der Waals surface area (Å²) in [6.07, 6.45) is 7.79. The first-order valence-corrected chi connectivity index (χ1v) is 6.35. The number of rotatable bonds is 7. The lowest BCUT2D eigenvalue weighted by Crippen LogP contribution is -2.01. The molecule has 1 unspecified atom stereocenters. The van der Waals surface area contributed by atoms with E-state index in [1.165, 1.54) is 24.8 Å². The molecule has 1 nitrogen and oxygen atoms in total. The van der Waals surface area contributed by atoms with Gasteiger partial charge in [-0.1, -0.05) is 65.3 Å². The first-order valence-electron chi connectivity index (χ1n) is 6.35. The summed E-state index contributed by atoms with van der Waals surface area (Å²) in [5.74, 6) is 0.579. The van der Waals surface area contributed by atoms with Crippen molar-refractivity contribution in [3.8, 4) is 0 Å². The minimum atomic E-state index is 0.579. The van der Waals surface area contributed by atoms with Gasteiger partial charge in [0.05, 0.1) is 0 Å². The Hall–Kier alpha value is -0.980. The SMILES string of the molecule is C=C(/C=C\C(=C)C(C)CCCC)NC.CC. The van der Waals surface area contributed by atoms with Crippen LogP contribution in [0.3, 0.4) is 0 Å². The molecule has 94 valence electrons. The second kappa shape index (κ2) is 12.1. The van der Waals surface area contributed by atoms with E-state index in [2.05, 4.69) is 38.4 Å². The van der Waals surface area contributed by atoms with Crippen LogP contribution in [0.1, 0.15) is 47.0 Å². The molecule has 1 heteroatoms. The van der Waals surface area contributed by atoms with Crippen molar-refractivity contribution in [3.05, 3.63) is 36.6 Å². The predicted molar refractivity (Wildman–Crippen MR) is 76.5 cm³/mol. The Balaban J connectivity index is 0. The summed E-state index contributed by atoms with van der Waals surface area (Å²) in [7, 11) is 1.87. The van der Waals surface area contributed by atoms with E-state index in [9.17, 15) is 0 Å². The molecule has 0 radical (unpaired) electrons. The van der Waals surface area contributed by atoms with E-state index in [0.717, 1.165) is 5.70 Å². The molecule has 0 aliphatic rings. The zero-order valence-electron chi connectivity index (χ0n) is 11.8. The lowest BCUT2D eigenvalue weighted by atomic mass is 9.96. The zero-order chi connectivity index (χ0) is 13.0. The molecule has 0 amide bonds. The van der Waals surface area contributed by atoms with Gasteiger partial charge >= 0.3 is 0 Å². The molecular formula is C15H29N. The number of likely N-dealkylation sites (N-methyl/N-ethyl adjacent to an activating group) is 1. The summed E-state index contributed by atoms with van der Waals surface area (Å²) in [5, 5.41) is 2.98. The molecule has 0 spiro atoms. The molecule has 0 aromatic carbocycles. The molecule has 1 atom stereocenters. The number of hydrogen-bond acceptors (Lipinski definition) is 1. The standard InChI is InChI=1S/C13H23N.C2H6/c1-6-7-8-11(2)12(3)9-10-13(4)14-5;1-2/h9-11,14H,3-4,6-8H2,1-2,5H3;1-2H3/b10-9-;. The normalized spacial score (nSPS) is 11.6. The molecule has 0 saturated heterocycles. The van der Waals surface area contributed by atoms with E-state index in [0.29, 0.717) is 5.92 Å². The molecule has 1 N–H and O–H groups in total. The van der Waals surface area contributed by atoms with E-state index in [1.54, 1.807) is 0 Å². The summed E-state index contributed by atoms with van der Waals surface area (Å²) in [6, 6.07) is 0. The van der Waals surface area contributed by atoms with E-state index >= 15 is 0 Å². The van der Waals surface area contributed by atoms with Gasteiger partial charge in [-0.15, -0.1) is 0 Å². The van der Waals surface area contributed by atoms with Gasteiger partial charge in [0, 0.05) is 12.7 Å². The molecule has 0 aliphatic heterocycles. The van der Waals surface area contributed by atoms with Crippen LogP contribution in [0.2, 0.25) is 0 Å². The fourth-order valence-electron chi connectivity index (χ4n) is 1.15. The highest BCUT2D eigenvalue weighted by Crippen LogP contribution is 2.17. The van der Waals surface area contributed by atoms with Crippen molar-refractivity contribution in [1.82, 2.24) is 5.32 Å². The largest absolute Gasteiger partial charge is 0.389 e. The Morgan fingerprint density at radius 3 is 2.25 bits per heavy atom. The van der Waals surface area contributed by atoms with Gasteiger partial charge in [-0.2, -0.15) is 0 Å². The molecule has 0 aromatic rings.